The number of carbonyl (C=O) groups is 1. The van der Waals surface area contributed by atoms with Crippen molar-refractivity contribution in [2.24, 2.45) is 5.92 Å². The number of carbonyl (C=O) groups excluding carboxylic acids is 1. The van der Waals surface area contributed by atoms with Gasteiger partial charge in [-0.25, -0.2) is 0 Å². The summed E-state index contributed by atoms with van der Waals surface area (Å²) in [5.74, 6) is 0.973. The molecule has 1 aliphatic carbocycles. The fourth-order valence-corrected chi connectivity index (χ4v) is 2.41. The van der Waals surface area contributed by atoms with Gasteiger partial charge < -0.3 is 15.2 Å². The van der Waals surface area contributed by atoms with Crippen molar-refractivity contribution in [3.8, 4) is 5.75 Å². The van der Waals surface area contributed by atoms with E-state index >= 15 is 0 Å². The number of hydrogen-bond acceptors (Lipinski definition) is 3. The lowest BCUT2D eigenvalue weighted by molar-refractivity contribution is -0.126. The van der Waals surface area contributed by atoms with E-state index in [9.17, 15) is 9.90 Å². The van der Waals surface area contributed by atoms with E-state index in [0.29, 0.717) is 6.54 Å². The minimum atomic E-state index is -0.217. The van der Waals surface area contributed by atoms with Gasteiger partial charge in [-0.15, -0.1) is 0 Å². The predicted molar refractivity (Wildman–Crippen MR) is 72.8 cm³/mol. The molecule has 1 saturated carbocycles. The molecule has 0 heterocycles. The third-order valence-corrected chi connectivity index (χ3v) is 3.69. The van der Waals surface area contributed by atoms with E-state index in [-0.39, 0.29) is 17.9 Å². The molecule has 0 radical (unpaired) electrons. The zero-order valence-corrected chi connectivity index (χ0v) is 11.3. The van der Waals surface area contributed by atoms with Gasteiger partial charge in [-0.2, -0.15) is 0 Å². The number of aliphatic hydroxyl groups excluding tert-OH is 1. The summed E-state index contributed by atoms with van der Waals surface area (Å²) in [5.41, 5.74) is 1.06. The van der Waals surface area contributed by atoms with Crippen molar-refractivity contribution in [3.05, 3.63) is 29.8 Å². The molecule has 0 unspecified atom stereocenters. The molecule has 0 spiro atoms. The molecular weight excluding hydrogens is 242 g/mol. The maximum Gasteiger partial charge on any atom is 0.223 e. The summed E-state index contributed by atoms with van der Waals surface area (Å²) in [6.45, 7) is 0.544. The summed E-state index contributed by atoms with van der Waals surface area (Å²) in [7, 11) is 1.63. The Morgan fingerprint density at radius 1 is 1.26 bits per heavy atom. The van der Waals surface area contributed by atoms with Crippen LogP contribution in [0.2, 0.25) is 0 Å². The number of ether oxygens (including phenoxy) is 1. The number of aliphatic hydroxyl groups is 1. The number of amides is 1. The summed E-state index contributed by atoms with van der Waals surface area (Å²) in [6, 6.07) is 7.67. The third-order valence-electron chi connectivity index (χ3n) is 3.69. The van der Waals surface area contributed by atoms with E-state index in [1.165, 1.54) is 0 Å². The second-order valence-corrected chi connectivity index (χ2v) is 5.07. The molecule has 1 fully saturated rings. The fourth-order valence-electron chi connectivity index (χ4n) is 2.41. The van der Waals surface area contributed by atoms with E-state index in [4.69, 9.17) is 4.74 Å². The highest BCUT2D eigenvalue weighted by Gasteiger charge is 2.24. The molecule has 1 aliphatic rings. The molecule has 2 rings (SSSR count). The van der Waals surface area contributed by atoms with Gasteiger partial charge in [-0.3, -0.25) is 4.79 Å². The van der Waals surface area contributed by atoms with Crippen molar-refractivity contribution in [2.75, 3.05) is 7.11 Å². The molecule has 4 nitrogen and oxygen atoms in total. The lowest BCUT2D eigenvalue weighted by Crippen LogP contribution is -2.33. The molecule has 4 heteroatoms. The predicted octanol–water partition coefficient (Wildman–Crippen LogP) is 1.86. The van der Waals surface area contributed by atoms with E-state index in [2.05, 4.69) is 5.32 Å². The molecule has 0 saturated heterocycles. The highest BCUT2D eigenvalue weighted by molar-refractivity contribution is 5.78. The van der Waals surface area contributed by atoms with Crippen LogP contribution in [0.1, 0.15) is 31.2 Å². The van der Waals surface area contributed by atoms with Crippen molar-refractivity contribution < 1.29 is 14.6 Å². The van der Waals surface area contributed by atoms with E-state index < -0.39 is 0 Å². The van der Waals surface area contributed by atoms with Gasteiger partial charge in [0.1, 0.15) is 5.75 Å². The van der Waals surface area contributed by atoms with Crippen LogP contribution in [0, 0.1) is 5.92 Å². The van der Waals surface area contributed by atoms with Crippen molar-refractivity contribution in [3.63, 3.8) is 0 Å². The minimum Gasteiger partial charge on any atom is -0.497 e. The zero-order chi connectivity index (χ0) is 13.7. The largest absolute Gasteiger partial charge is 0.497 e. The van der Waals surface area contributed by atoms with Crippen molar-refractivity contribution >= 4 is 5.91 Å². The topological polar surface area (TPSA) is 58.6 Å². The Kier molecular flexibility index (Phi) is 4.80. The average molecular weight is 263 g/mol. The minimum absolute atomic E-state index is 0.0571. The van der Waals surface area contributed by atoms with Crippen LogP contribution in [0.25, 0.3) is 0 Å². The van der Waals surface area contributed by atoms with E-state index in [1.54, 1.807) is 7.11 Å². The van der Waals surface area contributed by atoms with Crippen LogP contribution in [0.4, 0.5) is 0 Å². The van der Waals surface area contributed by atoms with Crippen LogP contribution < -0.4 is 10.1 Å². The van der Waals surface area contributed by atoms with Gasteiger partial charge in [0, 0.05) is 12.5 Å². The normalized spacial score (nSPS) is 22.8. The molecule has 0 aliphatic heterocycles. The summed E-state index contributed by atoms with van der Waals surface area (Å²) in [4.78, 5) is 12.0. The maximum absolute atomic E-state index is 12.0. The van der Waals surface area contributed by atoms with E-state index in [1.807, 2.05) is 24.3 Å². The lowest BCUT2D eigenvalue weighted by atomic mass is 9.87. The number of benzene rings is 1. The van der Waals surface area contributed by atoms with Gasteiger partial charge in [-0.1, -0.05) is 12.1 Å². The van der Waals surface area contributed by atoms with Gasteiger partial charge in [0.25, 0.3) is 0 Å². The number of methoxy groups -OCH3 is 1. The Bertz CT molecular complexity index is 408. The summed E-state index contributed by atoms with van der Waals surface area (Å²) < 4.78 is 5.09. The molecular formula is C15H21NO3. The first-order valence-corrected chi connectivity index (χ1v) is 6.77. The second-order valence-electron chi connectivity index (χ2n) is 5.07. The van der Waals surface area contributed by atoms with Gasteiger partial charge in [-0.05, 0) is 43.4 Å². The van der Waals surface area contributed by atoms with Crippen LogP contribution in [-0.2, 0) is 11.3 Å². The zero-order valence-electron chi connectivity index (χ0n) is 11.3. The fraction of sp³-hybridized carbons (Fsp3) is 0.533. The maximum atomic E-state index is 12.0. The van der Waals surface area contributed by atoms with Crippen LogP contribution in [0.3, 0.4) is 0 Å². The SMILES string of the molecule is COc1ccc(CNC(=O)[C@H]2CC[C@@H](O)CC2)cc1. The Balaban J connectivity index is 1.79. The Labute approximate surface area is 113 Å². The van der Waals surface area contributed by atoms with Crippen LogP contribution in [-0.4, -0.2) is 24.2 Å². The quantitative estimate of drug-likeness (QED) is 0.871. The highest BCUT2D eigenvalue weighted by Crippen LogP contribution is 2.24. The van der Waals surface area contributed by atoms with Gasteiger partial charge in [0.15, 0.2) is 0 Å². The van der Waals surface area contributed by atoms with Crippen molar-refractivity contribution in [2.45, 2.75) is 38.3 Å². The van der Waals surface area contributed by atoms with Crippen molar-refractivity contribution in [1.29, 1.82) is 0 Å². The standard InChI is InChI=1S/C15H21NO3/c1-19-14-8-2-11(3-9-14)10-16-15(18)12-4-6-13(17)7-5-12/h2-3,8-9,12-13,17H,4-7,10H2,1H3,(H,16,18)/t12-,13+. The average Bonchev–Trinajstić information content (AvgIpc) is 2.46. The van der Waals surface area contributed by atoms with Crippen LogP contribution in [0.15, 0.2) is 24.3 Å². The first-order chi connectivity index (χ1) is 9.19. The summed E-state index contributed by atoms with van der Waals surface area (Å²) >= 11 is 0. The first kappa shape index (κ1) is 13.9. The Morgan fingerprint density at radius 2 is 1.89 bits per heavy atom. The van der Waals surface area contributed by atoms with Gasteiger partial charge in [0.05, 0.1) is 13.2 Å². The van der Waals surface area contributed by atoms with Gasteiger partial charge >= 0.3 is 0 Å². The smallest absolute Gasteiger partial charge is 0.223 e. The molecule has 1 aromatic carbocycles. The molecule has 0 atom stereocenters. The monoisotopic (exact) mass is 263 g/mol. The Morgan fingerprint density at radius 3 is 2.47 bits per heavy atom. The lowest BCUT2D eigenvalue weighted by Gasteiger charge is -2.24. The molecule has 1 amide bonds. The summed E-state index contributed by atoms with van der Waals surface area (Å²) in [6.07, 6.45) is 2.83. The summed E-state index contributed by atoms with van der Waals surface area (Å²) in [5, 5.41) is 12.4. The molecule has 0 aromatic heterocycles. The number of hydrogen-bond donors (Lipinski definition) is 2. The number of nitrogens with one attached hydrogen (secondary N) is 1. The molecule has 104 valence electrons. The molecule has 19 heavy (non-hydrogen) atoms. The second kappa shape index (κ2) is 6.57. The number of rotatable bonds is 4. The van der Waals surface area contributed by atoms with Gasteiger partial charge in [0.2, 0.25) is 5.91 Å². The molecule has 1 aromatic rings. The van der Waals surface area contributed by atoms with Crippen LogP contribution in [0.5, 0.6) is 5.75 Å². The third kappa shape index (κ3) is 3.96. The van der Waals surface area contributed by atoms with Crippen LogP contribution >= 0.6 is 0 Å². The Hall–Kier alpha value is -1.55. The molecule has 0 bridgehead atoms. The first-order valence-electron chi connectivity index (χ1n) is 6.77. The van der Waals surface area contributed by atoms with Crippen molar-refractivity contribution in [1.82, 2.24) is 5.32 Å². The highest BCUT2D eigenvalue weighted by atomic mass is 16.5. The molecule has 2 N–H and O–H groups in total. The van der Waals surface area contributed by atoms with E-state index in [0.717, 1.165) is 37.0 Å².